The van der Waals surface area contributed by atoms with Crippen molar-refractivity contribution in [3.8, 4) is 0 Å². The van der Waals surface area contributed by atoms with Crippen LogP contribution in [0.1, 0.15) is 52.1 Å². The molecule has 0 saturated heterocycles. The molecule has 31 heavy (non-hydrogen) atoms. The van der Waals surface area contributed by atoms with Crippen molar-refractivity contribution in [2.24, 2.45) is 0 Å². The lowest BCUT2D eigenvalue weighted by molar-refractivity contribution is 0.602. The van der Waals surface area contributed by atoms with Gasteiger partial charge in [-0.1, -0.05) is 38.3 Å². The SMILES string of the molecule is CCCCCCn1c2cc(/C=C/c3cccs3)sc2c2sc(/C=C/c3cccs3)cc21. The van der Waals surface area contributed by atoms with Crippen LogP contribution in [-0.4, -0.2) is 4.57 Å². The molecule has 0 aromatic carbocycles. The molecule has 0 aliphatic heterocycles. The normalized spacial score (nSPS) is 12.4. The van der Waals surface area contributed by atoms with Gasteiger partial charge in [-0.15, -0.1) is 45.3 Å². The third-order valence-corrected chi connectivity index (χ3v) is 9.41. The summed E-state index contributed by atoms with van der Waals surface area (Å²) in [5, 5.41) is 4.27. The average molecular weight is 480 g/mol. The van der Waals surface area contributed by atoms with Gasteiger partial charge in [0.25, 0.3) is 0 Å². The summed E-state index contributed by atoms with van der Waals surface area (Å²) in [6, 6.07) is 13.3. The number of rotatable bonds is 9. The van der Waals surface area contributed by atoms with Crippen LogP contribution in [0.15, 0.2) is 47.2 Å². The molecular formula is C26H25NS4. The van der Waals surface area contributed by atoms with E-state index in [0.29, 0.717) is 0 Å². The van der Waals surface area contributed by atoms with Crippen LogP contribution < -0.4 is 0 Å². The van der Waals surface area contributed by atoms with Crippen molar-refractivity contribution in [3.63, 3.8) is 0 Å². The standard InChI is InChI=1S/C26H25NS4/c1-2-3-4-5-14-27-23-17-21(12-10-19-8-6-15-28-19)30-25(23)26-24(27)18-22(31-26)13-11-20-9-7-16-29-20/h6-13,15-18H,2-5,14H2,1H3/b12-10+,13-11+. The molecule has 0 aliphatic rings. The second kappa shape index (κ2) is 9.70. The monoisotopic (exact) mass is 479 g/mol. The Morgan fingerprint density at radius 2 is 1.26 bits per heavy atom. The van der Waals surface area contributed by atoms with E-state index in [4.69, 9.17) is 0 Å². The van der Waals surface area contributed by atoms with Gasteiger partial charge >= 0.3 is 0 Å². The highest BCUT2D eigenvalue weighted by Gasteiger charge is 2.16. The molecule has 0 bridgehead atoms. The summed E-state index contributed by atoms with van der Waals surface area (Å²) in [6.07, 6.45) is 14.2. The van der Waals surface area contributed by atoms with Crippen molar-refractivity contribution in [3.05, 3.63) is 66.7 Å². The summed E-state index contributed by atoms with van der Waals surface area (Å²) < 4.78 is 5.45. The number of aryl methyl sites for hydroxylation is 1. The summed E-state index contributed by atoms with van der Waals surface area (Å²) in [4.78, 5) is 5.30. The lowest BCUT2D eigenvalue weighted by Crippen LogP contribution is -1.96. The van der Waals surface area contributed by atoms with Crippen molar-refractivity contribution < 1.29 is 0 Å². The van der Waals surface area contributed by atoms with Gasteiger partial charge in [-0.3, -0.25) is 0 Å². The van der Waals surface area contributed by atoms with Gasteiger partial charge in [0.05, 0.1) is 20.4 Å². The van der Waals surface area contributed by atoms with Gasteiger partial charge in [-0.05, 0) is 65.8 Å². The van der Waals surface area contributed by atoms with Gasteiger partial charge in [0.15, 0.2) is 0 Å². The highest BCUT2D eigenvalue weighted by Crippen LogP contribution is 2.41. The number of fused-ring (bicyclic) bond motifs is 3. The third-order valence-electron chi connectivity index (χ3n) is 5.40. The van der Waals surface area contributed by atoms with E-state index in [9.17, 15) is 0 Å². The molecule has 5 heteroatoms. The smallest absolute Gasteiger partial charge is 0.0707 e. The lowest BCUT2D eigenvalue weighted by Gasteiger charge is -2.05. The number of thiophene rings is 4. The first-order valence-electron chi connectivity index (χ1n) is 10.8. The minimum absolute atomic E-state index is 1.11. The zero-order valence-corrected chi connectivity index (χ0v) is 20.8. The van der Waals surface area contributed by atoms with Crippen molar-refractivity contribution in [1.29, 1.82) is 0 Å². The van der Waals surface area contributed by atoms with Crippen LogP contribution >= 0.6 is 45.3 Å². The maximum absolute atomic E-state index is 2.57. The summed E-state index contributed by atoms with van der Waals surface area (Å²) in [5.41, 5.74) is 2.81. The fraction of sp³-hybridized carbons (Fsp3) is 0.231. The largest absolute Gasteiger partial charge is 0.339 e. The molecule has 0 radical (unpaired) electrons. The highest BCUT2D eigenvalue weighted by atomic mass is 32.1. The van der Waals surface area contributed by atoms with Gasteiger partial charge < -0.3 is 4.57 Å². The third kappa shape index (κ3) is 4.65. The quantitative estimate of drug-likeness (QED) is 0.185. The Labute approximate surface area is 199 Å². The molecule has 0 aliphatic carbocycles. The van der Waals surface area contributed by atoms with E-state index in [1.54, 1.807) is 22.7 Å². The van der Waals surface area contributed by atoms with Gasteiger partial charge in [0, 0.05) is 26.1 Å². The molecule has 0 saturated carbocycles. The summed E-state index contributed by atoms with van der Waals surface area (Å²) in [6.45, 7) is 3.39. The van der Waals surface area contributed by atoms with Crippen LogP contribution in [0, 0.1) is 0 Å². The van der Waals surface area contributed by atoms with Gasteiger partial charge in [0.1, 0.15) is 0 Å². The van der Waals surface area contributed by atoms with Crippen molar-refractivity contribution in [2.45, 2.75) is 39.2 Å². The van der Waals surface area contributed by atoms with Crippen LogP contribution in [0.5, 0.6) is 0 Å². The number of nitrogens with zero attached hydrogens (tertiary/aromatic N) is 1. The summed E-state index contributed by atoms with van der Waals surface area (Å²) in [5.74, 6) is 0. The number of hydrogen-bond donors (Lipinski definition) is 0. The molecule has 5 heterocycles. The molecule has 0 atom stereocenters. The van der Waals surface area contributed by atoms with Gasteiger partial charge in [-0.25, -0.2) is 0 Å². The van der Waals surface area contributed by atoms with E-state index in [2.05, 4.69) is 83.0 Å². The number of aromatic nitrogens is 1. The maximum atomic E-state index is 2.57. The van der Waals surface area contributed by atoms with Crippen molar-refractivity contribution in [1.82, 2.24) is 4.57 Å². The van der Waals surface area contributed by atoms with E-state index in [1.807, 2.05) is 22.7 Å². The minimum atomic E-state index is 1.11. The highest BCUT2D eigenvalue weighted by molar-refractivity contribution is 7.28. The number of unbranched alkanes of at least 4 members (excludes halogenated alkanes) is 3. The Kier molecular flexibility index (Phi) is 6.55. The van der Waals surface area contributed by atoms with Crippen molar-refractivity contribution >= 4 is 90.1 Å². The van der Waals surface area contributed by atoms with Crippen LogP contribution in [0.25, 0.3) is 44.7 Å². The topological polar surface area (TPSA) is 4.93 Å². The second-order valence-electron chi connectivity index (χ2n) is 7.64. The molecular weight excluding hydrogens is 455 g/mol. The van der Waals surface area contributed by atoms with Gasteiger partial charge in [0.2, 0.25) is 0 Å². The zero-order valence-electron chi connectivity index (χ0n) is 17.5. The fourth-order valence-corrected chi connectivity index (χ4v) is 7.37. The van der Waals surface area contributed by atoms with Gasteiger partial charge in [-0.2, -0.15) is 0 Å². The lowest BCUT2D eigenvalue weighted by atomic mass is 10.2. The van der Waals surface area contributed by atoms with E-state index in [1.165, 1.54) is 65.6 Å². The molecule has 5 aromatic heterocycles. The fourth-order valence-electron chi connectivity index (χ4n) is 3.86. The molecule has 158 valence electrons. The Hall–Kier alpha value is -1.92. The molecule has 0 amide bonds. The molecule has 0 fully saturated rings. The van der Waals surface area contributed by atoms with Crippen LogP contribution in [-0.2, 0) is 6.54 Å². The Morgan fingerprint density at radius 3 is 1.74 bits per heavy atom. The van der Waals surface area contributed by atoms with Crippen LogP contribution in [0.2, 0.25) is 0 Å². The first kappa shape index (κ1) is 21.0. The summed E-state index contributed by atoms with van der Waals surface area (Å²) >= 11 is 7.43. The summed E-state index contributed by atoms with van der Waals surface area (Å²) in [7, 11) is 0. The molecule has 1 nitrogen and oxygen atoms in total. The van der Waals surface area contributed by atoms with Crippen molar-refractivity contribution in [2.75, 3.05) is 0 Å². The van der Waals surface area contributed by atoms with Crippen LogP contribution in [0.4, 0.5) is 0 Å². The molecule has 0 unspecified atom stereocenters. The Morgan fingerprint density at radius 1 is 0.710 bits per heavy atom. The van der Waals surface area contributed by atoms with E-state index in [0.717, 1.165) is 6.54 Å². The maximum Gasteiger partial charge on any atom is 0.0707 e. The molecule has 0 N–H and O–H groups in total. The second-order valence-corrected chi connectivity index (χ2v) is 11.8. The minimum Gasteiger partial charge on any atom is -0.339 e. The first-order chi connectivity index (χ1) is 15.3. The van der Waals surface area contributed by atoms with Crippen LogP contribution in [0.3, 0.4) is 0 Å². The predicted octanol–water partition coefficient (Wildman–Crippen LogP) is 9.96. The molecule has 5 rings (SSSR count). The number of hydrogen-bond acceptors (Lipinski definition) is 4. The predicted molar refractivity (Wildman–Crippen MR) is 146 cm³/mol. The first-order valence-corrected chi connectivity index (χ1v) is 14.2. The average Bonchev–Trinajstić information content (AvgIpc) is 3.58. The van der Waals surface area contributed by atoms with E-state index < -0.39 is 0 Å². The Bertz CT molecular complexity index is 1210. The Balaban J connectivity index is 1.51. The zero-order chi connectivity index (χ0) is 21.0. The van der Waals surface area contributed by atoms with E-state index in [-0.39, 0.29) is 0 Å². The molecule has 5 aromatic rings. The molecule has 0 spiro atoms. The van der Waals surface area contributed by atoms with E-state index >= 15 is 0 Å².